The number of ether oxygens (including phenoxy) is 1. The minimum atomic E-state index is -0.929. The molecule has 1 aromatic carbocycles. The van der Waals surface area contributed by atoms with Crippen molar-refractivity contribution in [3.63, 3.8) is 0 Å². The zero-order chi connectivity index (χ0) is 12.9. The second-order valence-electron chi connectivity index (χ2n) is 4.80. The van der Waals surface area contributed by atoms with Gasteiger partial charge in [0.15, 0.2) is 0 Å². The predicted octanol–water partition coefficient (Wildman–Crippen LogP) is 3.73. The number of carboxylic acids is 1. The molecule has 0 fully saturated rings. The number of benzene rings is 1. The highest BCUT2D eigenvalue weighted by Crippen LogP contribution is 2.23. The van der Waals surface area contributed by atoms with E-state index in [-0.39, 0.29) is 11.2 Å². The Labute approximate surface area is 102 Å². The molecule has 0 unspecified atom stereocenters. The summed E-state index contributed by atoms with van der Waals surface area (Å²) in [6, 6.07) is 6.62. The van der Waals surface area contributed by atoms with Gasteiger partial charge >= 0.3 is 5.97 Å². The minimum Gasteiger partial charge on any atom is -0.488 e. The maximum Gasteiger partial charge on any atom is 0.335 e. The summed E-state index contributed by atoms with van der Waals surface area (Å²) in [4.78, 5) is 10.8. The van der Waals surface area contributed by atoms with Crippen LogP contribution in [0.15, 0.2) is 24.3 Å². The van der Waals surface area contributed by atoms with Gasteiger partial charge in [-0.05, 0) is 44.9 Å². The Kier molecular flexibility index (Phi) is 4.55. The third-order valence-corrected chi connectivity index (χ3v) is 2.61. The zero-order valence-electron chi connectivity index (χ0n) is 10.7. The van der Waals surface area contributed by atoms with Crippen LogP contribution in [-0.2, 0) is 0 Å². The van der Waals surface area contributed by atoms with E-state index in [4.69, 9.17) is 9.84 Å². The summed E-state index contributed by atoms with van der Waals surface area (Å²) in [5, 5.41) is 8.89. The molecule has 0 saturated heterocycles. The molecule has 0 aromatic heterocycles. The highest BCUT2D eigenvalue weighted by Gasteiger charge is 2.19. The zero-order valence-corrected chi connectivity index (χ0v) is 10.7. The fourth-order valence-corrected chi connectivity index (χ4v) is 1.67. The van der Waals surface area contributed by atoms with Crippen LogP contribution in [0.3, 0.4) is 0 Å². The van der Waals surface area contributed by atoms with E-state index in [1.807, 2.05) is 13.8 Å². The molecule has 1 rings (SSSR count). The van der Waals surface area contributed by atoms with Crippen molar-refractivity contribution in [2.24, 2.45) is 0 Å². The molecule has 3 nitrogen and oxygen atoms in total. The van der Waals surface area contributed by atoms with Gasteiger partial charge in [-0.2, -0.15) is 0 Å². The monoisotopic (exact) mass is 236 g/mol. The number of carbonyl (C=O) groups is 1. The SMILES string of the molecule is CCCCC(C)(C)Oc1cccc(C(=O)O)c1. The van der Waals surface area contributed by atoms with Crippen LogP contribution in [0.1, 0.15) is 50.4 Å². The number of carboxylic acid groups (broad SMARTS) is 1. The average molecular weight is 236 g/mol. The van der Waals surface area contributed by atoms with Gasteiger partial charge in [0.05, 0.1) is 5.56 Å². The van der Waals surface area contributed by atoms with Crippen LogP contribution >= 0.6 is 0 Å². The van der Waals surface area contributed by atoms with E-state index in [9.17, 15) is 4.79 Å². The Bertz CT molecular complexity index is 383. The predicted molar refractivity (Wildman–Crippen MR) is 67.6 cm³/mol. The van der Waals surface area contributed by atoms with E-state index >= 15 is 0 Å². The fourth-order valence-electron chi connectivity index (χ4n) is 1.67. The van der Waals surface area contributed by atoms with Crippen molar-refractivity contribution in [2.75, 3.05) is 0 Å². The van der Waals surface area contributed by atoms with E-state index in [0.29, 0.717) is 5.75 Å². The Balaban J connectivity index is 2.73. The van der Waals surface area contributed by atoms with Crippen molar-refractivity contribution < 1.29 is 14.6 Å². The van der Waals surface area contributed by atoms with Crippen molar-refractivity contribution in [3.05, 3.63) is 29.8 Å². The van der Waals surface area contributed by atoms with Gasteiger partial charge in [0.1, 0.15) is 11.4 Å². The third kappa shape index (κ3) is 4.47. The van der Waals surface area contributed by atoms with Crippen molar-refractivity contribution in [3.8, 4) is 5.75 Å². The number of hydrogen-bond donors (Lipinski definition) is 1. The summed E-state index contributed by atoms with van der Waals surface area (Å²) >= 11 is 0. The van der Waals surface area contributed by atoms with Gasteiger partial charge in [-0.1, -0.05) is 19.4 Å². The molecule has 0 aliphatic carbocycles. The molecule has 0 bridgehead atoms. The molecular weight excluding hydrogens is 216 g/mol. The Morgan fingerprint density at radius 1 is 1.41 bits per heavy atom. The maximum atomic E-state index is 10.8. The molecule has 0 spiro atoms. The van der Waals surface area contributed by atoms with Crippen LogP contribution in [0.5, 0.6) is 5.75 Å². The Hall–Kier alpha value is -1.51. The summed E-state index contributed by atoms with van der Waals surface area (Å²) in [6.45, 7) is 6.19. The molecule has 94 valence electrons. The molecule has 3 heteroatoms. The first-order chi connectivity index (χ1) is 7.94. The largest absolute Gasteiger partial charge is 0.488 e. The quantitative estimate of drug-likeness (QED) is 0.818. The van der Waals surface area contributed by atoms with E-state index in [2.05, 4.69) is 6.92 Å². The topological polar surface area (TPSA) is 46.5 Å². The fraction of sp³-hybridized carbons (Fsp3) is 0.500. The summed E-state index contributed by atoms with van der Waals surface area (Å²) in [5.74, 6) is -0.312. The molecule has 0 aliphatic heterocycles. The molecule has 0 radical (unpaired) electrons. The van der Waals surface area contributed by atoms with Gasteiger partial charge in [-0.25, -0.2) is 4.79 Å². The number of rotatable bonds is 6. The Morgan fingerprint density at radius 3 is 2.71 bits per heavy atom. The van der Waals surface area contributed by atoms with Gasteiger partial charge in [0, 0.05) is 0 Å². The van der Waals surface area contributed by atoms with E-state index in [1.165, 1.54) is 0 Å². The smallest absolute Gasteiger partial charge is 0.335 e. The van der Waals surface area contributed by atoms with Crippen LogP contribution < -0.4 is 4.74 Å². The number of hydrogen-bond acceptors (Lipinski definition) is 2. The second-order valence-corrected chi connectivity index (χ2v) is 4.80. The average Bonchev–Trinajstić information content (AvgIpc) is 2.26. The van der Waals surface area contributed by atoms with Gasteiger partial charge < -0.3 is 9.84 Å². The van der Waals surface area contributed by atoms with Gasteiger partial charge in [-0.3, -0.25) is 0 Å². The summed E-state index contributed by atoms with van der Waals surface area (Å²) in [6.07, 6.45) is 3.19. The van der Waals surface area contributed by atoms with E-state index in [1.54, 1.807) is 24.3 Å². The molecule has 1 aromatic rings. The lowest BCUT2D eigenvalue weighted by Gasteiger charge is -2.26. The first kappa shape index (κ1) is 13.6. The maximum absolute atomic E-state index is 10.8. The van der Waals surface area contributed by atoms with Crippen LogP contribution in [0, 0.1) is 0 Å². The normalized spacial score (nSPS) is 11.2. The molecule has 0 aliphatic rings. The highest BCUT2D eigenvalue weighted by molar-refractivity contribution is 5.87. The van der Waals surface area contributed by atoms with Gasteiger partial charge in [0.2, 0.25) is 0 Å². The lowest BCUT2D eigenvalue weighted by Crippen LogP contribution is -2.28. The van der Waals surface area contributed by atoms with Crippen molar-refractivity contribution in [1.29, 1.82) is 0 Å². The summed E-state index contributed by atoms with van der Waals surface area (Å²) in [7, 11) is 0. The summed E-state index contributed by atoms with van der Waals surface area (Å²) < 4.78 is 5.83. The van der Waals surface area contributed by atoms with Crippen molar-refractivity contribution in [2.45, 2.75) is 45.6 Å². The van der Waals surface area contributed by atoms with Crippen LogP contribution in [0.4, 0.5) is 0 Å². The second kappa shape index (κ2) is 5.71. The first-order valence-electron chi connectivity index (χ1n) is 5.97. The number of aromatic carboxylic acids is 1. The minimum absolute atomic E-state index is 0.257. The third-order valence-electron chi connectivity index (χ3n) is 2.61. The molecule has 1 N–H and O–H groups in total. The van der Waals surface area contributed by atoms with Crippen LogP contribution in [-0.4, -0.2) is 16.7 Å². The standard InChI is InChI=1S/C14H20O3/c1-4-5-9-14(2,3)17-12-8-6-7-11(10-12)13(15)16/h6-8,10H,4-5,9H2,1-3H3,(H,15,16). The number of unbranched alkanes of at least 4 members (excludes halogenated alkanes) is 1. The Morgan fingerprint density at radius 2 is 2.12 bits per heavy atom. The molecule has 17 heavy (non-hydrogen) atoms. The van der Waals surface area contributed by atoms with Crippen molar-refractivity contribution >= 4 is 5.97 Å². The molecule has 0 atom stereocenters. The van der Waals surface area contributed by atoms with Gasteiger partial charge in [-0.15, -0.1) is 0 Å². The molecule has 0 amide bonds. The van der Waals surface area contributed by atoms with Gasteiger partial charge in [0.25, 0.3) is 0 Å². The van der Waals surface area contributed by atoms with Crippen LogP contribution in [0.25, 0.3) is 0 Å². The van der Waals surface area contributed by atoms with Crippen molar-refractivity contribution in [1.82, 2.24) is 0 Å². The lowest BCUT2D eigenvalue weighted by atomic mass is 10.0. The summed E-state index contributed by atoms with van der Waals surface area (Å²) in [5.41, 5.74) is 0.00133. The molecule has 0 saturated carbocycles. The van der Waals surface area contributed by atoms with E-state index in [0.717, 1.165) is 19.3 Å². The molecule has 0 heterocycles. The first-order valence-corrected chi connectivity index (χ1v) is 5.97. The highest BCUT2D eigenvalue weighted by atomic mass is 16.5. The van der Waals surface area contributed by atoms with E-state index < -0.39 is 5.97 Å². The lowest BCUT2D eigenvalue weighted by molar-refractivity contribution is 0.0692. The van der Waals surface area contributed by atoms with Crippen LogP contribution in [0.2, 0.25) is 0 Å². The molecular formula is C14H20O3.